The molecule has 1 aromatic heterocycles. The third kappa shape index (κ3) is 4.83. The molecular formula is C16H14N4O6S. The molecule has 0 bridgehead atoms. The first-order chi connectivity index (χ1) is 12.9. The Kier molecular flexibility index (Phi) is 6.51. The fourth-order valence-electron chi connectivity index (χ4n) is 2.22. The van der Waals surface area contributed by atoms with E-state index in [2.05, 4.69) is 9.97 Å². The number of hydrogen-bond acceptors (Lipinski definition) is 8. The molecule has 0 saturated carbocycles. The fraction of sp³-hybridized carbons (Fsp3) is 0.250. The normalized spacial score (nSPS) is 10.2. The van der Waals surface area contributed by atoms with Crippen LogP contribution in [-0.2, 0) is 4.79 Å². The minimum absolute atomic E-state index is 0.0336. The zero-order valence-electron chi connectivity index (χ0n) is 14.1. The second-order valence-electron chi connectivity index (χ2n) is 5.19. The highest BCUT2D eigenvalue weighted by molar-refractivity contribution is 7.98. The Hall–Kier alpha value is -3.39. The molecule has 0 radical (unpaired) electrons. The van der Waals surface area contributed by atoms with Crippen molar-refractivity contribution in [3.8, 4) is 23.1 Å². The maximum absolute atomic E-state index is 12.1. The van der Waals surface area contributed by atoms with Gasteiger partial charge in [0.2, 0.25) is 0 Å². The number of thioether (sulfide) groups is 1. The molecular weight excluding hydrogens is 376 g/mol. The van der Waals surface area contributed by atoms with E-state index < -0.39 is 16.5 Å². The number of hydrogen-bond donors (Lipinski definition) is 2. The average molecular weight is 390 g/mol. The highest BCUT2D eigenvalue weighted by Gasteiger charge is 2.23. The number of nitro benzene ring substituents is 1. The number of ether oxygens (including phenoxy) is 1. The van der Waals surface area contributed by atoms with Gasteiger partial charge in [-0.05, 0) is 24.8 Å². The second-order valence-corrected chi connectivity index (χ2v) is 5.99. The minimum Gasteiger partial charge on any atom is -0.494 e. The number of nitriles is 1. The van der Waals surface area contributed by atoms with Gasteiger partial charge in [0.15, 0.2) is 5.16 Å². The molecule has 0 fully saturated rings. The van der Waals surface area contributed by atoms with Crippen LogP contribution in [0, 0.1) is 21.4 Å². The Bertz CT molecular complexity index is 982. The summed E-state index contributed by atoms with van der Waals surface area (Å²) < 4.78 is 5.43. The molecule has 2 aromatic rings. The number of aliphatic carboxylic acids is 1. The van der Waals surface area contributed by atoms with Gasteiger partial charge in [-0.1, -0.05) is 11.8 Å². The van der Waals surface area contributed by atoms with Gasteiger partial charge in [-0.3, -0.25) is 19.7 Å². The van der Waals surface area contributed by atoms with E-state index >= 15 is 0 Å². The van der Waals surface area contributed by atoms with Crippen LogP contribution in [0.5, 0.6) is 5.75 Å². The van der Waals surface area contributed by atoms with Gasteiger partial charge in [-0.25, -0.2) is 4.98 Å². The summed E-state index contributed by atoms with van der Waals surface area (Å²) in [5.74, 6) is -0.725. The first-order valence-electron chi connectivity index (χ1n) is 7.59. The standard InChI is InChI=1S/C16H14N4O6S/c1-27-16-18-14(11(8-17)15(23)19-16)10-7-9(4-5-12(10)20(24)25)26-6-2-3-13(21)22/h4-5,7H,2-3,6H2,1H3,(H,21,22)(H,18,19,23). The highest BCUT2D eigenvalue weighted by atomic mass is 32.2. The number of nitrogens with zero attached hydrogens (tertiary/aromatic N) is 3. The molecule has 27 heavy (non-hydrogen) atoms. The van der Waals surface area contributed by atoms with Crippen molar-refractivity contribution in [2.24, 2.45) is 0 Å². The number of H-pyrrole nitrogens is 1. The van der Waals surface area contributed by atoms with E-state index in [1.165, 1.54) is 18.2 Å². The van der Waals surface area contributed by atoms with Gasteiger partial charge in [-0.15, -0.1) is 0 Å². The summed E-state index contributed by atoms with van der Waals surface area (Å²) in [5, 5.41) is 29.5. The topological polar surface area (TPSA) is 159 Å². The first-order valence-corrected chi connectivity index (χ1v) is 8.81. The van der Waals surface area contributed by atoms with Crippen LogP contribution in [0.2, 0.25) is 0 Å². The summed E-state index contributed by atoms with van der Waals surface area (Å²) in [5.41, 5.74) is -1.54. The Labute approximate surface area is 157 Å². The van der Waals surface area contributed by atoms with Crippen LogP contribution >= 0.6 is 11.8 Å². The Morgan fingerprint density at radius 1 is 1.52 bits per heavy atom. The van der Waals surface area contributed by atoms with Gasteiger partial charge in [0.25, 0.3) is 11.2 Å². The van der Waals surface area contributed by atoms with E-state index in [1.807, 2.05) is 0 Å². The summed E-state index contributed by atoms with van der Waals surface area (Å²) in [6, 6.07) is 5.57. The van der Waals surface area contributed by atoms with Crippen LogP contribution in [0.4, 0.5) is 5.69 Å². The lowest BCUT2D eigenvalue weighted by molar-refractivity contribution is -0.384. The van der Waals surface area contributed by atoms with Gasteiger partial charge >= 0.3 is 5.97 Å². The number of aromatic nitrogens is 2. The molecule has 11 heteroatoms. The largest absolute Gasteiger partial charge is 0.494 e. The summed E-state index contributed by atoms with van der Waals surface area (Å²) in [7, 11) is 0. The Morgan fingerprint density at radius 2 is 2.26 bits per heavy atom. The molecule has 0 atom stereocenters. The Balaban J connectivity index is 2.51. The van der Waals surface area contributed by atoms with Crippen molar-refractivity contribution in [2.75, 3.05) is 12.9 Å². The van der Waals surface area contributed by atoms with E-state index in [1.54, 1.807) is 12.3 Å². The SMILES string of the molecule is CSc1nc(-c2cc(OCCCC(=O)O)ccc2[N+](=O)[O-])c(C#N)c(=O)[nH]1. The molecule has 2 N–H and O–H groups in total. The lowest BCUT2D eigenvalue weighted by Crippen LogP contribution is -2.15. The molecule has 10 nitrogen and oxygen atoms in total. The lowest BCUT2D eigenvalue weighted by Gasteiger charge is -2.09. The van der Waals surface area contributed by atoms with Gasteiger partial charge in [0.05, 0.1) is 17.1 Å². The average Bonchev–Trinajstić information content (AvgIpc) is 2.64. The van der Waals surface area contributed by atoms with Crippen molar-refractivity contribution >= 4 is 23.4 Å². The first kappa shape index (κ1) is 19.9. The van der Waals surface area contributed by atoms with E-state index in [4.69, 9.17) is 9.84 Å². The van der Waals surface area contributed by atoms with E-state index in [-0.39, 0.29) is 52.9 Å². The molecule has 0 amide bonds. The second kappa shape index (κ2) is 8.81. The van der Waals surface area contributed by atoms with E-state index in [0.29, 0.717) is 0 Å². The van der Waals surface area contributed by atoms with Gasteiger partial charge in [-0.2, -0.15) is 5.26 Å². The molecule has 1 heterocycles. The van der Waals surface area contributed by atoms with Gasteiger partial charge < -0.3 is 14.8 Å². The summed E-state index contributed by atoms with van der Waals surface area (Å²) >= 11 is 1.12. The van der Waals surface area contributed by atoms with Crippen LogP contribution in [0.25, 0.3) is 11.3 Å². The van der Waals surface area contributed by atoms with Crippen molar-refractivity contribution in [1.82, 2.24) is 9.97 Å². The number of nitro groups is 1. The van der Waals surface area contributed by atoms with Crippen LogP contribution in [0.3, 0.4) is 0 Å². The van der Waals surface area contributed by atoms with Crippen LogP contribution < -0.4 is 10.3 Å². The van der Waals surface area contributed by atoms with Crippen molar-refractivity contribution in [2.45, 2.75) is 18.0 Å². The van der Waals surface area contributed by atoms with Crippen LogP contribution in [0.15, 0.2) is 28.2 Å². The monoisotopic (exact) mass is 390 g/mol. The van der Waals surface area contributed by atoms with Gasteiger partial charge in [0.1, 0.15) is 23.1 Å². The maximum atomic E-state index is 12.1. The van der Waals surface area contributed by atoms with Gasteiger partial charge in [0, 0.05) is 12.5 Å². The molecule has 0 spiro atoms. The number of benzene rings is 1. The van der Waals surface area contributed by atoms with Crippen molar-refractivity contribution in [3.05, 3.63) is 44.2 Å². The lowest BCUT2D eigenvalue weighted by atomic mass is 10.1. The smallest absolute Gasteiger partial charge is 0.303 e. The molecule has 140 valence electrons. The predicted molar refractivity (Wildman–Crippen MR) is 95.8 cm³/mol. The molecule has 2 rings (SSSR count). The molecule has 0 aliphatic rings. The number of carboxylic acid groups (broad SMARTS) is 1. The zero-order chi connectivity index (χ0) is 20.0. The third-order valence-electron chi connectivity index (χ3n) is 3.43. The summed E-state index contributed by atoms with van der Waals surface area (Å²) in [6.07, 6.45) is 1.83. The predicted octanol–water partition coefficient (Wildman–Crippen LogP) is 2.18. The third-order valence-corrected chi connectivity index (χ3v) is 4.01. The number of carbonyl (C=O) groups is 1. The number of carboxylic acids is 1. The maximum Gasteiger partial charge on any atom is 0.303 e. The van der Waals surface area contributed by atoms with Crippen molar-refractivity contribution in [1.29, 1.82) is 5.26 Å². The highest BCUT2D eigenvalue weighted by Crippen LogP contribution is 2.33. The molecule has 0 saturated heterocycles. The summed E-state index contributed by atoms with van der Waals surface area (Å²) in [6.45, 7) is 0.0908. The van der Waals surface area contributed by atoms with Crippen LogP contribution in [-0.4, -0.2) is 38.8 Å². The molecule has 0 unspecified atom stereocenters. The van der Waals surface area contributed by atoms with E-state index in [9.17, 15) is 25.0 Å². The minimum atomic E-state index is -0.959. The fourth-order valence-corrected chi connectivity index (χ4v) is 2.59. The molecule has 1 aromatic carbocycles. The van der Waals surface area contributed by atoms with Crippen LogP contribution in [0.1, 0.15) is 18.4 Å². The number of nitrogens with one attached hydrogen (secondary N) is 1. The Morgan fingerprint density at radius 3 is 2.85 bits per heavy atom. The van der Waals surface area contributed by atoms with Crippen molar-refractivity contribution in [3.63, 3.8) is 0 Å². The quantitative estimate of drug-likeness (QED) is 0.226. The molecule has 0 aliphatic heterocycles. The number of aromatic amines is 1. The summed E-state index contributed by atoms with van der Waals surface area (Å²) in [4.78, 5) is 39.9. The van der Waals surface area contributed by atoms with Crippen molar-refractivity contribution < 1.29 is 19.6 Å². The van der Waals surface area contributed by atoms with E-state index in [0.717, 1.165) is 11.8 Å². The zero-order valence-corrected chi connectivity index (χ0v) is 14.9. The molecule has 0 aliphatic carbocycles. The number of rotatable bonds is 8.